The first kappa shape index (κ1) is 16.8. The molecule has 25 heavy (non-hydrogen) atoms. The standard InChI is InChI=1S/C24H33Br/c25-21-12-11-19-14-18-7-3-4-8-22(18)24(23(19)15-21)20-10-9-16-5-1-2-6-17(16)13-20/h2-4,6,13,16,18-24H,1,5,7-12,14-15H2/t16?,18?,19?,20?,21?,22?,23?,24-/m1/s1. The molecule has 5 aliphatic carbocycles. The summed E-state index contributed by atoms with van der Waals surface area (Å²) < 4.78 is 0. The van der Waals surface area contributed by atoms with Crippen molar-refractivity contribution >= 4 is 15.9 Å². The molecule has 0 saturated heterocycles. The summed E-state index contributed by atoms with van der Waals surface area (Å²) in [6.45, 7) is 0. The minimum absolute atomic E-state index is 0.783. The SMILES string of the molecule is BrC1CCC2CC3CC=CCC3[C@@H](C3C=C4C=CCCC4CC3)C2C1. The minimum atomic E-state index is 0.783. The molecule has 2 fully saturated rings. The summed E-state index contributed by atoms with van der Waals surface area (Å²) >= 11 is 4.00. The van der Waals surface area contributed by atoms with E-state index in [1.54, 1.807) is 5.57 Å². The van der Waals surface area contributed by atoms with Crippen molar-refractivity contribution in [1.29, 1.82) is 0 Å². The molecule has 2 saturated carbocycles. The quantitative estimate of drug-likeness (QED) is 0.326. The first-order valence-electron chi connectivity index (χ1n) is 11.0. The topological polar surface area (TPSA) is 0 Å². The molecule has 0 aromatic rings. The molecule has 1 heteroatoms. The molecule has 5 rings (SSSR count). The number of rotatable bonds is 1. The summed E-state index contributed by atoms with van der Waals surface area (Å²) in [5.41, 5.74) is 1.71. The van der Waals surface area contributed by atoms with Crippen LogP contribution in [0.5, 0.6) is 0 Å². The molecule has 0 amide bonds. The van der Waals surface area contributed by atoms with E-state index in [9.17, 15) is 0 Å². The van der Waals surface area contributed by atoms with E-state index < -0.39 is 0 Å². The Labute approximate surface area is 162 Å². The van der Waals surface area contributed by atoms with Crippen LogP contribution in [-0.2, 0) is 0 Å². The second-order valence-corrected chi connectivity index (χ2v) is 10.9. The number of alkyl halides is 1. The number of halogens is 1. The van der Waals surface area contributed by atoms with Crippen LogP contribution in [0.1, 0.15) is 64.2 Å². The molecular formula is C24H33Br. The van der Waals surface area contributed by atoms with Crippen LogP contribution in [0.2, 0.25) is 0 Å². The summed E-state index contributed by atoms with van der Waals surface area (Å²) in [6, 6.07) is 0. The van der Waals surface area contributed by atoms with Crippen LogP contribution in [0.4, 0.5) is 0 Å². The number of hydrogen-bond acceptors (Lipinski definition) is 0. The Hall–Kier alpha value is -0.300. The smallest absolute Gasteiger partial charge is 0.0148 e. The van der Waals surface area contributed by atoms with E-state index >= 15 is 0 Å². The van der Waals surface area contributed by atoms with Gasteiger partial charge in [0.1, 0.15) is 0 Å². The third-order valence-electron chi connectivity index (χ3n) is 8.41. The zero-order valence-corrected chi connectivity index (χ0v) is 17.0. The molecule has 0 N–H and O–H groups in total. The van der Waals surface area contributed by atoms with Gasteiger partial charge >= 0.3 is 0 Å². The summed E-state index contributed by atoms with van der Waals surface area (Å²) in [6.07, 6.45) is 26.9. The molecular weight excluding hydrogens is 368 g/mol. The first-order valence-corrected chi connectivity index (χ1v) is 11.9. The molecule has 0 bridgehead atoms. The van der Waals surface area contributed by atoms with Gasteiger partial charge in [0.15, 0.2) is 0 Å². The van der Waals surface area contributed by atoms with Crippen molar-refractivity contribution in [2.45, 2.75) is 69.0 Å². The minimum Gasteiger partial charge on any atom is -0.0891 e. The molecule has 0 aliphatic heterocycles. The van der Waals surface area contributed by atoms with Crippen molar-refractivity contribution in [2.75, 3.05) is 0 Å². The van der Waals surface area contributed by atoms with Gasteiger partial charge in [-0.3, -0.25) is 0 Å². The van der Waals surface area contributed by atoms with Crippen molar-refractivity contribution in [3.05, 3.63) is 36.0 Å². The predicted octanol–water partition coefficient (Wildman–Crippen LogP) is 7.07. The number of allylic oxidation sites excluding steroid dienone is 6. The van der Waals surface area contributed by atoms with Gasteiger partial charge in [0.2, 0.25) is 0 Å². The maximum Gasteiger partial charge on any atom is 0.0148 e. The highest BCUT2D eigenvalue weighted by Crippen LogP contribution is 2.57. The molecule has 0 spiro atoms. The largest absolute Gasteiger partial charge is 0.0891 e. The van der Waals surface area contributed by atoms with E-state index in [1.165, 1.54) is 64.2 Å². The van der Waals surface area contributed by atoms with Crippen molar-refractivity contribution in [2.24, 2.45) is 41.4 Å². The Balaban J connectivity index is 1.48. The Kier molecular flexibility index (Phi) is 4.73. The highest BCUT2D eigenvalue weighted by atomic mass is 79.9. The van der Waals surface area contributed by atoms with E-state index in [1.807, 2.05) is 0 Å². The lowest BCUT2D eigenvalue weighted by atomic mass is 9.52. The Morgan fingerprint density at radius 2 is 1.72 bits per heavy atom. The van der Waals surface area contributed by atoms with Gasteiger partial charge in [0, 0.05) is 4.83 Å². The lowest BCUT2D eigenvalue weighted by molar-refractivity contribution is -0.0151. The maximum absolute atomic E-state index is 4.00. The Morgan fingerprint density at radius 3 is 2.68 bits per heavy atom. The monoisotopic (exact) mass is 400 g/mol. The van der Waals surface area contributed by atoms with Crippen LogP contribution in [0.25, 0.3) is 0 Å². The molecule has 7 unspecified atom stereocenters. The molecule has 0 aromatic carbocycles. The predicted molar refractivity (Wildman–Crippen MR) is 110 cm³/mol. The molecule has 136 valence electrons. The van der Waals surface area contributed by atoms with E-state index in [-0.39, 0.29) is 0 Å². The van der Waals surface area contributed by atoms with Crippen molar-refractivity contribution < 1.29 is 0 Å². The highest BCUT2D eigenvalue weighted by Gasteiger charge is 2.49. The van der Waals surface area contributed by atoms with Gasteiger partial charge in [-0.2, -0.15) is 0 Å². The van der Waals surface area contributed by atoms with Crippen molar-refractivity contribution in [3.8, 4) is 0 Å². The second-order valence-electron chi connectivity index (χ2n) is 9.60. The van der Waals surface area contributed by atoms with Gasteiger partial charge in [-0.05, 0) is 111 Å². The van der Waals surface area contributed by atoms with Crippen LogP contribution in [0, 0.1) is 41.4 Å². The van der Waals surface area contributed by atoms with E-state index in [0.717, 1.165) is 46.3 Å². The van der Waals surface area contributed by atoms with Gasteiger partial charge in [-0.25, -0.2) is 0 Å². The fourth-order valence-electron chi connectivity index (χ4n) is 7.30. The Bertz CT molecular complexity index is 585. The lowest BCUT2D eigenvalue weighted by Crippen LogP contribution is -2.47. The van der Waals surface area contributed by atoms with Gasteiger partial charge in [-0.1, -0.05) is 46.3 Å². The molecule has 0 radical (unpaired) electrons. The second kappa shape index (κ2) is 7.02. The molecule has 8 atom stereocenters. The maximum atomic E-state index is 4.00. The average Bonchev–Trinajstić information content (AvgIpc) is 2.66. The van der Waals surface area contributed by atoms with E-state index in [4.69, 9.17) is 0 Å². The van der Waals surface area contributed by atoms with Gasteiger partial charge in [0.25, 0.3) is 0 Å². The zero-order chi connectivity index (χ0) is 16.8. The van der Waals surface area contributed by atoms with Crippen LogP contribution >= 0.6 is 15.9 Å². The fraction of sp³-hybridized carbons (Fsp3) is 0.750. The van der Waals surface area contributed by atoms with Gasteiger partial charge in [0.05, 0.1) is 0 Å². The average molecular weight is 401 g/mol. The normalized spacial score (nSPS) is 48.9. The fourth-order valence-corrected chi connectivity index (χ4v) is 8.00. The van der Waals surface area contributed by atoms with E-state index in [2.05, 4.69) is 46.3 Å². The van der Waals surface area contributed by atoms with Crippen LogP contribution < -0.4 is 0 Å². The highest BCUT2D eigenvalue weighted by molar-refractivity contribution is 9.09. The zero-order valence-electron chi connectivity index (χ0n) is 15.5. The summed E-state index contributed by atoms with van der Waals surface area (Å²) in [5.74, 6) is 6.66. The first-order chi connectivity index (χ1) is 12.3. The number of hydrogen-bond donors (Lipinski definition) is 0. The van der Waals surface area contributed by atoms with E-state index in [0.29, 0.717) is 0 Å². The van der Waals surface area contributed by atoms with Gasteiger partial charge < -0.3 is 0 Å². The number of fused-ring (bicyclic) bond motifs is 3. The lowest BCUT2D eigenvalue weighted by Gasteiger charge is -2.54. The van der Waals surface area contributed by atoms with Crippen molar-refractivity contribution in [3.63, 3.8) is 0 Å². The Morgan fingerprint density at radius 1 is 0.800 bits per heavy atom. The van der Waals surface area contributed by atoms with Crippen LogP contribution in [0.15, 0.2) is 36.0 Å². The van der Waals surface area contributed by atoms with Crippen LogP contribution in [-0.4, -0.2) is 4.83 Å². The van der Waals surface area contributed by atoms with Crippen molar-refractivity contribution in [1.82, 2.24) is 0 Å². The molecule has 0 aromatic heterocycles. The van der Waals surface area contributed by atoms with Gasteiger partial charge in [-0.15, -0.1) is 0 Å². The summed E-state index contributed by atoms with van der Waals surface area (Å²) in [4.78, 5) is 0.783. The van der Waals surface area contributed by atoms with Crippen LogP contribution in [0.3, 0.4) is 0 Å². The summed E-state index contributed by atoms with van der Waals surface area (Å²) in [7, 11) is 0. The summed E-state index contributed by atoms with van der Waals surface area (Å²) in [5, 5.41) is 0. The third-order valence-corrected chi connectivity index (χ3v) is 9.24. The molecule has 0 heterocycles. The third kappa shape index (κ3) is 3.13. The molecule has 5 aliphatic rings. The molecule has 0 nitrogen and oxygen atoms in total.